The number of cyclic esters (lactones) is 1. The third-order valence-electron chi connectivity index (χ3n) is 6.60. The lowest BCUT2D eigenvalue weighted by Crippen LogP contribution is -2.49. The lowest BCUT2D eigenvalue weighted by Gasteiger charge is -2.34. The summed E-state index contributed by atoms with van der Waals surface area (Å²) in [5, 5.41) is 5.61. The Morgan fingerprint density at radius 1 is 1.28 bits per heavy atom. The van der Waals surface area contributed by atoms with E-state index in [1.807, 2.05) is 39.5 Å². The molecule has 0 spiro atoms. The van der Waals surface area contributed by atoms with E-state index in [0.29, 0.717) is 42.4 Å². The molecule has 10 nitrogen and oxygen atoms in total. The molecule has 2 amide bonds. The van der Waals surface area contributed by atoms with Crippen molar-refractivity contribution in [3.63, 3.8) is 0 Å². The number of benzene rings is 1. The number of halogens is 1. The van der Waals surface area contributed by atoms with Gasteiger partial charge in [-0.25, -0.2) is 19.0 Å². The third kappa shape index (κ3) is 6.76. The molecule has 1 aromatic heterocycles. The Morgan fingerprint density at radius 2 is 2.05 bits per heavy atom. The first kappa shape index (κ1) is 28.1. The van der Waals surface area contributed by atoms with E-state index in [1.54, 1.807) is 10.6 Å². The SMILES string of the molecule is CCc1nc(N2CCC[C@@H](NC(=O)OC(C)(C)C)C2)n(Cc2cc(F)ccc2C)c1C(=O)NC1=CCOC1=O. The molecule has 39 heavy (non-hydrogen) atoms. The van der Waals surface area contributed by atoms with E-state index >= 15 is 0 Å². The van der Waals surface area contributed by atoms with Gasteiger partial charge in [0.25, 0.3) is 5.91 Å². The van der Waals surface area contributed by atoms with Crippen LogP contribution in [0, 0.1) is 12.7 Å². The molecule has 1 aromatic carbocycles. The molecule has 0 radical (unpaired) electrons. The van der Waals surface area contributed by atoms with Crippen LogP contribution in [0.15, 0.2) is 30.0 Å². The molecule has 2 aliphatic rings. The highest BCUT2D eigenvalue weighted by Gasteiger charge is 2.31. The Morgan fingerprint density at radius 3 is 2.72 bits per heavy atom. The molecule has 3 heterocycles. The Kier molecular flexibility index (Phi) is 8.27. The molecule has 4 rings (SSSR count). The number of rotatable bonds is 7. The normalized spacial score (nSPS) is 17.5. The van der Waals surface area contributed by atoms with Crippen LogP contribution < -0.4 is 15.5 Å². The maximum absolute atomic E-state index is 14.2. The topological polar surface area (TPSA) is 115 Å². The summed E-state index contributed by atoms with van der Waals surface area (Å²) in [4.78, 5) is 44.8. The Hall–Kier alpha value is -3.89. The number of aromatic nitrogens is 2. The van der Waals surface area contributed by atoms with Crippen molar-refractivity contribution in [1.82, 2.24) is 20.2 Å². The van der Waals surface area contributed by atoms with E-state index in [9.17, 15) is 18.8 Å². The van der Waals surface area contributed by atoms with Crippen LogP contribution in [0.2, 0.25) is 0 Å². The van der Waals surface area contributed by atoms with Crippen LogP contribution in [-0.4, -0.2) is 58.9 Å². The molecule has 0 bridgehead atoms. The summed E-state index contributed by atoms with van der Waals surface area (Å²) in [5.74, 6) is -0.928. The molecule has 2 N–H and O–H groups in total. The van der Waals surface area contributed by atoms with Crippen molar-refractivity contribution in [2.75, 3.05) is 24.6 Å². The molecular weight excluding hydrogens is 505 g/mol. The number of imidazole rings is 1. The van der Waals surface area contributed by atoms with Gasteiger partial charge in [-0.3, -0.25) is 4.79 Å². The maximum atomic E-state index is 14.2. The molecule has 1 saturated heterocycles. The predicted molar refractivity (Wildman–Crippen MR) is 143 cm³/mol. The second kappa shape index (κ2) is 11.5. The van der Waals surface area contributed by atoms with Crippen molar-refractivity contribution in [3.05, 3.63) is 58.3 Å². The van der Waals surface area contributed by atoms with Gasteiger partial charge < -0.3 is 29.6 Å². The van der Waals surface area contributed by atoms with Gasteiger partial charge in [-0.05, 0) is 76.3 Å². The van der Waals surface area contributed by atoms with Gasteiger partial charge in [-0.2, -0.15) is 0 Å². The number of hydrogen-bond donors (Lipinski definition) is 2. The number of nitrogens with zero attached hydrogens (tertiary/aromatic N) is 3. The van der Waals surface area contributed by atoms with E-state index in [2.05, 4.69) is 10.6 Å². The number of piperidine rings is 1. The number of anilines is 1. The van der Waals surface area contributed by atoms with E-state index in [1.165, 1.54) is 18.2 Å². The van der Waals surface area contributed by atoms with Crippen LogP contribution in [0.4, 0.5) is 15.1 Å². The first-order chi connectivity index (χ1) is 18.4. The van der Waals surface area contributed by atoms with Crippen LogP contribution in [0.25, 0.3) is 0 Å². The highest BCUT2D eigenvalue weighted by Crippen LogP contribution is 2.27. The molecule has 11 heteroatoms. The number of hydrogen-bond acceptors (Lipinski definition) is 7. The fourth-order valence-corrected chi connectivity index (χ4v) is 4.76. The van der Waals surface area contributed by atoms with Crippen LogP contribution in [0.3, 0.4) is 0 Å². The lowest BCUT2D eigenvalue weighted by atomic mass is 10.1. The van der Waals surface area contributed by atoms with Gasteiger partial charge in [-0.1, -0.05) is 13.0 Å². The summed E-state index contributed by atoms with van der Waals surface area (Å²) in [6.45, 7) is 10.6. The largest absolute Gasteiger partial charge is 0.457 e. The lowest BCUT2D eigenvalue weighted by molar-refractivity contribution is -0.136. The van der Waals surface area contributed by atoms with Crippen LogP contribution in [-0.2, 0) is 27.2 Å². The smallest absolute Gasteiger partial charge is 0.407 e. The highest BCUT2D eigenvalue weighted by atomic mass is 19.1. The van der Waals surface area contributed by atoms with Crippen LogP contribution in [0.1, 0.15) is 67.8 Å². The Bertz CT molecular complexity index is 1300. The van der Waals surface area contributed by atoms with Gasteiger partial charge in [-0.15, -0.1) is 0 Å². The number of esters is 1. The zero-order chi connectivity index (χ0) is 28.3. The minimum Gasteiger partial charge on any atom is -0.457 e. The fraction of sp³-hybridized carbons (Fsp3) is 0.500. The molecule has 210 valence electrons. The molecule has 2 aliphatic heterocycles. The first-order valence-corrected chi connectivity index (χ1v) is 13.2. The molecule has 0 unspecified atom stereocenters. The number of carbonyl (C=O) groups is 3. The minimum atomic E-state index is -0.614. The summed E-state index contributed by atoms with van der Waals surface area (Å²) < 4.78 is 26.3. The molecule has 1 fully saturated rings. The van der Waals surface area contributed by atoms with Gasteiger partial charge in [0, 0.05) is 19.1 Å². The molecule has 0 saturated carbocycles. The molecular formula is C28H36FN5O5. The van der Waals surface area contributed by atoms with Crippen molar-refractivity contribution < 1.29 is 28.2 Å². The quantitative estimate of drug-likeness (QED) is 0.515. The Labute approximate surface area is 227 Å². The number of amides is 2. The third-order valence-corrected chi connectivity index (χ3v) is 6.60. The van der Waals surface area contributed by atoms with E-state index in [-0.39, 0.29) is 30.7 Å². The number of nitrogens with one attached hydrogen (secondary N) is 2. The van der Waals surface area contributed by atoms with Crippen LogP contribution >= 0.6 is 0 Å². The zero-order valence-electron chi connectivity index (χ0n) is 23.1. The highest BCUT2D eigenvalue weighted by molar-refractivity contribution is 6.02. The molecule has 2 aromatic rings. The second-order valence-corrected chi connectivity index (χ2v) is 10.8. The van der Waals surface area contributed by atoms with Gasteiger partial charge in [0.2, 0.25) is 5.95 Å². The van der Waals surface area contributed by atoms with Gasteiger partial charge in [0.05, 0.1) is 12.2 Å². The zero-order valence-corrected chi connectivity index (χ0v) is 23.1. The average Bonchev–Trinajstić information content (AvgIpc) is 3.43. The first-order valence-electron chi connectivity index (χ1n) is 13.2. The standard InChI is InChI=1S/C28H36FN5O5/c1-6-21-23(24(35)31-22-11-13-38-25(22)36)34(15-18-14-19(29)10-9-17(18)2)26(32-21)33-12-7-8-20(16-33)30-27(37)39-28(3,4)5/h9-11,14,20H,6-8,12-13,15-16H2,1-5H3,(H,30,37)(H,31,35)/t20-/m1/s1. The fourth-order valence-electron chi connectivity index (χ4n) is 4.76. The van der Waals surface area contributed by atoms with Crippen molar-refractivity contribution in [2.24, 2.45) is 0 Å². The molecule has 1 atom stereocenters. The van der Waals surface area contributed by atoms with Crippen molar-refractivity contribution in [3.8, 4) is 0 Å². The summed E-state index contributed by atoms with van der Waals surface area (Å²) in [6, 6.07) is 4.36. The second-order valence-electron chi connectivity index (χ2n) is 10.8. The van der Waals surface area contributed by atoms with E-state index < -0.39 is 23.6 Å². The average molecular weight is 542 g/mol. The minimum absolute atomic E-state index is 0.0814. The Balaban J connectivity index is 1.69. The van der Waals surface area contributed by atoms with Gasteiger partial charge in [0.1, 0.15) is 29.4 Å². The summed E-state index contributed by atoms with van der Waals surface area (Å²) in [6.07, 6.45) is 3.04. The number of alkyl carbamates (subject to hydrolysis) is 1. The summed E-state index contributed by atoms with van der Waals surface area (Å²) in [7, 11) is 0. The van der Waals surface area contributed by atoms with Crippen molar-refractivity contribution in [1.29, 1.82) is 0 Å². The maximum Gasteiger partial charge on any atom is 0.407 e. The van der Waals surface area contributed by atoms with Crippen molar-refractivity contribution >= 4 is 23.9 Å². The van der Waals surface area contributed by atoms with E-state index in [0.717, 1.165) is 18.4 Å². The van der Waals surface area contributed by atoms with Crippen molar-refractivity contribution in [2.45, 2.75) is 72.1 Å². The van der Waals surface area contributed by atoms with Gasteiger partial charge in [0.15, 0.2) is 0 Å². The van der Waals surface area contributed by atoms with E-state index in [4.69, 9.17) is 14.5 Å². The predicted octanol–water partition coefficient (Wildman–Crippen LogP) is 3.61. The summed E-state index contributed by atoms with van der Waals surface area (Å²) in [5.41, 5.74) is 1.87. The number of ether oxygens (including phenoxy) is 2. The van der Waals surface area contributed by atoms with Crippen LogP contribution in [0.5, 0.6) is 0 Å². The monoisotopic (exact) mass is 541 g/mol. The summed E-state index contributed by atoms with van der Waals surface area (Å²) >= 11 is 0. The number of carbonyl (C=O) groups excluding carboxylic acids is 3. The van der Waals surface area contributed by atoms with Gasteiger partial charge >= 0.3 is 12.1 Å². The molecule has 0 aliphatic carbocycles. The number of aryl methyl sites for hydroxylation is 2.